The molecule has 0 saturated carbocycles. The summed E-state index contributed by atoms with van der Waals surface area (Å²) in [6, 6.07) is 12.5. The minimum absolute atomic E-state index is 0.0385. The van der Waals surface area contributed by atoms with Gasteiger partial charge in [0.2, 0.25) is 0 Å². The van der Waals surface area contributed by atoms with Gasteiger partial charge in [-0.15, -0.1) is 11.5 Å². The maximum absolute atomic E-state index is 13.2. The van der Waals surface area contributed by atoms with Gasteiger partial charge in [-0.05, 0) is 31.5 Å². The molecule has 1 aromatic carbocycles. The Morgan fingerprint density at radius 2 is 1.70 bits per heavy atom. The van der Waals surface area contributed by atoms with Crippen LogP contribution in [0.3, 0.4) is 0 Å². The first-order valence-electron chi connectivity index (χ1n) is 10.0. The minimum atomic E-state index is -1.60. The molecule has 0 N–H and O–H groups in total. The van der Waals surface area contributed by atoms with Crippen molar-refractivity contribution in [1.29, 1.82) is 0 Å². The lowest BCUT2D eigenvalue weighted by atomic mass is 9.84. The second-order valence-corrected chi connectivity index (χ2v) is 12.0. The molecule has 1 aliphatic carbocycles. The maximum atomic E-state index is 13.2. The van der Waals surface area contributed by atoms with Crippen molar-refractivity contribution in [2.45, 2.75) is 52.2 Å². The van der Waals surface area contributed by atoms with Gasteiger partial charge in [-0.3, -0.25) is 4.79 Å². The quantitative estimate of drug-likeness (QED) is 0.287. The first-order chi connectivity index (χ1) is 13.0. The first kappa shape index (κ1) is 21.2. The third kappa shape index (κ3) is 4.78. The molecule has 2 rings (SSSR count). The number of ether oxygens (including phenoxy) is 1. The molecule has 0 saturated heterocycles. The smallest absolute Gasteiger partial charge is 0.334 e. The Bertz CT molecular complexity index is 743. The molecule has 2 atom stereocenters. The lowest BCUT2D eigenvalue weighted by Crippen LogP contribution is -2.30. The van der Waals surface area contributed by atoms with Crippen LogP contribution in [-0.2, 0) is 9.53 Å². The molecular formula is C23H30O3Si. The predicted octanol–water partition coefficient (Wildman–Crippen LogP) is 5.05. The van der Waals surface area contributed by atoms with Crippen molar-refractivity contribution in [2.24, 2.45) is 11.8 Å². The molecule has 0 aliphatic heterocycles. The van der Waals surface area contributed by atoms with Gasteiger partial charge in [0.25, 0.3) is 0 Å². The van der Waals surface area contributed by atoms with Crippen molar-refractivity contribution >= 4 is 19.8 Å². The molecule has 0 aromatic heterocycles. The second-order valence-electron chi connectivity index (χ2n) is 7.04. The maximum Gasteiger partial charge on any atom is 0.334 e. The van der Waals surface area contributed by atoms with Crippen LogP contribution >= 0.6 is 0 Å². The number of hydrogen-bond acceptors (Lipinski definition) is 3. The van der Waals surface area contributed by atoms with Gasteiger partial charge in [0.05, 0.1) is 12.5 Å². The Morgan fingerprint density at radius 3 is 2.26 bits per heavy atom. The molecule has 1 aromatic rings. The molecule has 144 valence electrons. The number of ketones is 1. The van der Waals surface area contributed by atoms with Gasteiger partial charge in [-0.25, -0.2) is 4.79 Å². The number of allylic oxidation sites excluding steroid dienone is 1. The van der Waals surface area contributed by atoms with Crippen molar-refractivity contribution in [3.05, 3.63) is 47.5 Å². The normalized spacial score (nSPS) is 19.0. The lowest BCUT2D eigenvalue weighted by Gasteiger charge is -2.22. The van der Waals surface area contributed by atoms with E-state index in [9.17, 15) is 9.59 Å². The molecular weight excluding hydrogens is 352 g/mol. The average molecular weight is 383 g/mol. The van der Waals surface area contributed by atoms with Crippen LogP contribution in [0.5, 0.6) is 0 Å². The van der Waals surface area contributed by atoms with Crippen molar-refractivity contribution in [2.75, 3.05) is 6.61 Å². The number of esters is 1. The fraction of sp³-hybridized carbons (Fsp3) is 0.478. The van der Waals surface area contributed by atoms with Gasteiger partial charge in [-0.2, -0.15) is 0 Å². The van der Waals surface area contributed by atoms with Crippen LogP contribution in [0.4, 0.5) is 0 Å². The predicted molar refractivity (Wildman–Crippen MR) is 112 cm³/mol. The Labute approximate surface area is 164 Å². The summed E-state index contributed by atoms with van der Waals surface area (Å²) in [5, 5.41) is 0. The summed E-state index contributed by atoms with van der Waals surface area (Å²) in [5.74, 6) is 2.33. The Morgan fingerprint density at radius 1 is 1.07 bits per heavy atom. The topological polar surface area (TPSA) is 43.4 Å². The number of carbonyl (C=O) groups excluding carboxylic acids is 2. The third-order valence-electron chi connectivity index (χ3n) is 5.73. The molecule has 27 heavy (non-hydrogen) atoms. The van der Waals surface area contributed by atoms with Crippen LogP contribution in [0, 0.1) is 23.3 Å². The van der Waals surface area contributed by atoms with E-state index >= 15 is 0 Å². The summed E-state index contributed by atoms with van der Waals surface area (Å²) < 4.78 is 5.20. The zero-order chi connectivity index (χ0) is 19.9. The standard InChI is InChI=1S/C23H30O3Si/c1-5-26-23(25)20-15-14-18(16-17-27(6-2,7-3)8-4)21(20)22(24)19-12-10-9-11-13-19/h9-13,15,18,21H,5-8,14H2,1-4H3/t18-,21-/m0/s1. The molecule has 4 heteroatoms. The molecule has 0 radical (unpaired) electrons. The van der Waals surface area contributed by atoms with E-state index in [-0.39, 0.29) is 17.7 Å². The number of benzene rings is 1. The van der Waals surface area contributed by atoms with Crippen LogP contribution in [0.25, 0.3) is 0 Å². The second kappa shape index (κ2) is 9.71. The fourth-order valence-electron chi connectivity index (χ4n) is 3.67. The van der Waals surface area contributed by atoms with Crippen molar-refractivity contribution in [3.8, 4) is 11.5 Å². The molecule has 0 fully saturated rings. The zero-order valence-electron chi connectivity index (χ0n) is 16.9. The SMILES string of the molecule is CCOC(=O)C1=CC[C@@H](C#C[Si](CC)(CC)CC)[C@@H]1C(=O)c1ccccc1. The Hall–Kier alpha value is -2.12. The Kier molecular flexibility index (Phi) is 7.62. The zero-order valence-corrected chi connectivity index (χ0v) is 17.9. The van der Waals surface area contributed by atoms with E-state index in [1.54, 1.807) is 19.1 Å². The highest BCUT2D eigenvalue weighted by Gasteiger charge is 2.39. The van der Waals surface area contributed by atoms with E-state index in [2.05, 4.69) is 32.2 Å². The number of Topliss-reactive ketones (excluding diaryl/α,β-unsaturated/α-hetero) is 1. The first-order valence-corrected chi connectivity index (χ1v) is 12.6. The molecule has 1 aliphatic rings. The van der Waals surface area contributed by atoms with Gasteiger partial charge in [-0.1, -0.05) is 57.2 Å². The van der Waals surface area contributed by atoms with Gasteiger partial charge in [0.1, 0.15) is 8.07 Å². The van der Waals surface area contributed by atoms with Crippen LogP contribution < -0.4 is 0 Å². The van der Waals surface area contributed by atoms with E-state index in [1.807, 2.05) is 24.3 Å². The molecule has 0 spiro atoms. The van der Waals surface area contributed by atoms with Crippen molar-refractivity contribution in [3.63, 3.8) is 0 Å². The number of rotatable bonds is 7. The number of hydrogen-bond donors (Lipinski definition) is 0. The van der Waals surface area contributed by atoms with Crippen LogP contribution in [0.2, 0.25) is 18.1 Å². The third-order valence-corrected chi connectivity index (χ3v) is 10.5. The van der Waals surface area contributed by atoms with Crippen LogP contribution in [0.1, 0.15) is 44.5 Å². The summed E-state index contributed by atoms with van der Waals surface area (Å²) in [6.07, 6.45) is 2.49. The molecule has 0 bridgehead atoms. The van der Waals surface area contributed by atoms with E-state index in [0.717, 1.165) is 18.1 Å². The lowest BCUT2D eigenvalue weighted by molar-refractivity contribution is -0.139. The highest BCUT2D eigenvalue weighted by atomic mass is 28.3. The van der Waals surface area contributed by atoms with Crippen LogP contribution in [0.15, 0.2) is 42.0 Å². The van der Waals surface area contributed by atoms with Gasteiger partial charge < -0.3 is 4.74 Å². The Balaban J connectivity index is 2.38. The van der Waals surface area contributed by atoms with E-state index < -0.39 is 14.0 Å². The molecule has 0 unspecified atom stereocenters. The van der Waals surface area contributed by atoms with Crippen molar-refractivity contribution in [1.82, 2.24) is 0 Å². The summed E-state index contributed by atoms with van der Waals surface area (Å²) in [5.41, 5.74) is 4.70. The highest BCUT2D eigenvalue weighted by molar-refractivity contribution is 6.87. The summed E-state index contributed by atoms with van der Waals surface area (Å²) >= 11 is 0. The molecule has 0 amide bonds. The number of carbonyl (C=O) groups is 2. The molecule has 3 nitrogen and oxygen atoms in total. The van der Waals surface area contributed by atoms with Crippen molar-refractivity contribution < 1.29 is 14.3 Å². The van der Waals surface area contributed by atoms with Gasteiger partial charge in [0, 0.05) is 17.1 Å². The average Bonchev–Trinajstić information content (AvgIpc) is 3.14. The summed E-state index contributed by atoms with van der Waals surface area (Å²) in [6.45, 7) is 8.74. The summed E-state index contributed by atoms with van der Waals surface area (Å²) in [7, 11) is -1.60. The minimum Gasteiger partial charge on any atom is -0.463 e. The van der Waals surface area contributed by atoms with E-state index in [1.165, 1.54) is 0 Å². The fourth-order valence-corrected chi connectivity index (χ4v) is 6.19. The van der Waals surface area contributed by atoms with Gasteiger partial charge in [0.15, 0.2) is 5.78 Å². The largest absolute Gasteiger partial charge is 0.463 e. The van der Waals surface area contributed by atoms with Gasteiger partial charge >= 0.3 is 5.97 Å². The van der Waals surface area contributed by atoms with E-state index in [0.29, 0.717) is 24.2 Å². The van der Waals surface area contributed by atoms with E-state index in [4.69, 9.17) is 4.74 Å². The monoisotopic (exact) mass is 382 g/mol. The molecule has 0 heterocycles. The summed E-state index contributed by atoms with van der Waals surface area (Å²) in [4.78, 5) is 25.6. The highest BCUT2D eigenvalue weighted by Crippen LogP contribution is 2.35. The van der Waals surface area contributed by atoms with Crippen LogP contribution in [-0.4, -0.2) is 26.4 Å².